The molecule has 1 aromatic heterocycles. The van der Waals surface area contributed by atoms with Crippen LogP contribution in [0.2, 0.25) is 0 Å². The lowest BCUT2D eigenvalue weighted by Crippen LogP contribution is -2.25. The number of nitrogens with zero attached hydrogens (tertiary/aromatic N) is 4. The first-order valence-corrected chi connectivity index (χ1v) is 10.6. The molecule has 1 saturated carbocycles. The van der Waals surface area contributed by atoms with E-state index in [1.54, 1.807) is 31.2 Å². The van der Waals surface area contributed by atoms with Gasteiger partial charge >= 0.3 is 5.69 Å². The Morgan fingerprint density at radius 1 is 1.23 bits per heavy atom. The molecule has 0 amide bonds. The van der Waals surface area contributed by atoms with Crippen molar-refractivity contribution in [3.63, 3.8) is 0 Å². The van der Waals surface area contributed by atoms with Gasteiger partial charge in [-0.1, -0.05) is 31.4 Å². The Balaban J connectivity index is 1.79. The second kappa shape index (κ2) is 9.07. The molecule has 31 heavy (non-hydrogen) atoms. The van der Waals surface area contributed by atoms with Gasteiger partial charge in [-0.2, -0.15) is 9.78 Å². The molecule has 2 aromatic carbocycles. The minimum absolute atomic E-state index is 0.137. The molecule has 8 heteroatoms. The number of hydrogen-bond donors (Lipinski definition) is 0. The second-order valence-electron chi connectivity index (χ2n) is 7.60. The Morgan fingerprint density at radius 3 is 2.74 bits per heavy atom. The number of ether oxygens (including phenoxy) is 1. The normalized spacial score (nSPS) is 14.9. The third-order valence-electron chi connectivity index (χ3n) is 5.55. The van der Waals surface area contributed by atoms with Gasteiger partial charge in [0.25, 0.3) is 5.56 Å². The SMILES string of the molecule is CCOc1ccc(C=Nn2c(C3CCCCC3)nc3ccccc3c2=O)cc1[N+](=O)[O-]. The van der Waals surface area contributed by atoms with Crippen LogP contribution in [0.25, 0.3) is 10.9 Å². The van der Waals surface area contributed by atoms with E-state index in [-0.39, 0.29) is 22.9 Å². The third-order valence-corrected chi connectivity index (χ3v) is 5.55. The van der Waals surface area contributed by atoms with Crippen LogP contribution >= 0.6 is 0 Å². The van der Waals surface area contributed by atoms with Crippen molar-refractivity contribution in [2.24, 2.45) is 5.10 Å². The first kappa shape index (κ1) is 20.7. The van der Waals surface area contributed by atoms with E-state index < -0.39 is 4.92 Å². The molecular formula is C23H24N4O4. The molecule has 0 atom stereocenters. The summed E-state index contributed by atoms with van der Waals surface area (Å²) in [7, 11) is 0. The first-order chi connectivity index (χ1) is 15.1. The van der Waals surface area contributed by atoms with E-state index in [4.69, 9.17) is 9.72 Å². The van der Waals surface area contributed by atoms with E-state index in [9.17, 15) is 14.9 Å². The van der Waals surface area contributed by atoms with Gasteiger partial charge in [-0.05, 0) is 44.0 Å². The zero-order valence-corrected chi connectivity index (χ0v) is 17.4. The van der Waals surface area contributed by atoms with E-state index in [1.807, 2.05) is 12.1 Å². The van der Waals surface area contributed by atoms with Gasteiger partial charge in [-0.15, -0.1) is 0 Å². The van der Waals surface area contributed by atoms with Gasteiger partial charge in [0.05, 0.1) is 28.6 Å². The fraction of sp³-hybridized carbons (Fsp3) is 0.348. The van der Waals surface area contributed by atoms with Crippen molar-refractivity contribution < 1.29 is 9.66 Å². The quantitative estimate of drug-likeness (QED) is 0.329. The summed E-state index contributed by atoms with van der Waals surface area (Å²) >= 11 is 0. The summed E-state index contributed by atoms with van der Waals surface area (Å²) in [5.41, 5.74) is 0.797. The number of fused-ring (bicyclic) bond motifs is 1. The van der Waals surface area contributed by atoms with Crippen molar-refractivity contribution >= 4 is 22.8 Å². The molecular weight excluding hydrogens is 396 g/mol. The molecule has 0 bridgehead atoms. The summed E-state index contributed by atoms with van der Waals surface area (Å²) in [4.78, 5) is 28.9. The lowest BCUT2D eigenvalue weighted by atomic mass is 9.88. The van der Waals surface area contributed by atoms with Crippen molar-refractivity contribution in [2.75, 3.05) is 6.61 Å². The molecule has 1 heterocycles. The van der Waals surface area contributed by atoms with Gasteiger partial charge in [-0.3, -0.25) is 14.9 Å². The fourth-order valence-electron chi connectivity index (χ4n) is 4.04. The molecule has 3 aromatic rings. The molecule has 1 aliphatic rings. The summed E-state index contributed by atoms with van der Waals surface area (Å²) in [5, 5.41) is 16.3. The number of aromatic nitrogens is 2. The lowest BCUT2D eigenvalue weighted by Gasteiger charge is -2.22. The predicted molar refractivity (Wildman–Crippen MR) is 119 cm³/mol. The third kappa shape index (κ3) is 4.33. The maximum absolute atomic E-state index is 13.2. The van der Waals surface area contributed by atoms with E-state index in [0.29, 0.717) is 28.9 Å². The van der Waals surface area contributed by atoms with E-state index in [1.165, 1.54) is 23.4 Å². The lowest BCUT2D eigenvalue weighted by molar-refractivity contribution is -0.385. The molecule has 1 fully saturated rings. The minimum Gasteiger partial charge on any atom is -0.487 e. The van der Waals surface area contributed by atoms with E-state index in [0.717, 1.165) is 25.7 Å². The number of rotatable bonds is 6. The molecule has 0 spiro atoms. The first-order valence-electron chi connectivity index (χ1n) is 10.6. The highest BCUT2D eigenvalue weighted by Crippen LogP contribution is 2.32. The largest absolute Gasteiger partial charge is 0.487 e. The molecule has 0 radical (unpaired) electrons. The van der Waals surface area contributed by atoms with E-state index >= 15 is 0 Å². The van der Waals surface area contributed by atoms with Crippen molar-refractivity contribution in [1.29, 1.82) is 0 Å². The Kier molecular flexibility index (Phi) is 6.06. The van der Waals surface area contributed by atoms with E-state index in [2.05, 4.69) is 5.10 Å². The van der Waals surface area contributed by atoms with Gasteiger partial charge in [0, 0.05) is 17.5 Å². The molecule has 160 valence electrons. The van der Waals surface area contributed by atoms with Crippen LogP contribution < -0.4 is 10.3 Å². The highest BCUT2D eigenvalue weighted by atomic mass is 16.6. The highest BCUT2D eigenvalue weighted by molar-refractivity contribution is 5.82. The average molecular weight is 420 g/mol. The maximum Gasteiger partial charge on any atom is 0.311 e. The van der Waals surface area contributed by atoms with Gasteiger partial charge in [0.15, 0.2) is 5.75 Å². The van der Waals surface area contributed by atoms with Gasteiger partial charge in [0.1, 0.15) is 5.82 Å². The summed E-state index contributed by atoms with van der Waals surface area (Å²) in [6.45, 7) is 2.10. The number of nitro benzene ring substituents is 1. The molecule has 0 aliphatic heterocycles. The van der Waals surface area contributed by atoms with Crippen LogP contribution in [0.3, 0.4) is 0 Å². The summed E-state index contributed by atoms with van der Waals surface area (Å²) in [5.74, 6) is 1.02. The smallest absolute Gasteiger partial charge is 0.311 e. The van der Waals surface area contributed by atoms with Gasteiger partial charge < -0.3 is 4.74 Å². The molecule has 8 nitrogen and oxygen atoms in total. The summed E-state index contributed by atoms with van der Waals surface area (Å²) in [6, 6.07) is 11.9. The summed E-state index contributed by atoms with van der Waals surface area (Å²) < 4.78 is 6.69. The monoisotopic (exact) mass is 420 g/mol. The number of para-hydroxylation sites is 1. The van der Waals surface area contributed by atoms with Crippen LogP contribution in [-0.2, 0) is 0 Å². The number of nitro groups is 1. The molecule has 4 rings (SSSR count). The van der Waals surface area contributed by atoms with Gasteiger partial charge in [0.2, 0.25) is 0 Å². The molecule has 0 saturated heterocycles. The van der Waals surface area contributed by atoms with Gasteiger partial charge in [-0.25, -0.2) is 4.98 Å². The Hall–Kier alpha value is -3.55. The Bertz CT molecular complexity index is 1200. The van der Waals surface area contributed by atoms with Crippen LogP contribution in [0.15, 0.2) is 52.4 Å². The standard InChI is InChI=1S/C23H24N4O4/c1-2-31-21-13-12-16(14-20(21)27(29)30)15-24-26-22(17-8-4-3-5-9-17)25-19-11-7-6-10-18(19)23(26)28/h6-7,10-15,17H,2-5,8-9H2,1H3. The van der Waals surface area contributed by atoms with Crippen LogP contribution in [0.4, 0.5) is 5.69 Å². The van der Waals surface area contributed by atoms with Crippen molar-refractivity contribution in [3.8, 4) is 5.75 Å². The van der Waals surface area contributed by atoms with Crippen LogP contribution in [0, 0.1) is 10.1 Å². The van der Waals surface area contributed by atoms with Crippen LogP contribution in [-0.4, -0.2) is 27.4 Å². The van der Waals surface area contributed by atoms with Crippen molar-refractivity contribution in [2.45, 2.75) is 44.9 Å². The number of hydrogen-bond acceptors (Lipinski definition) is 6. The molecule has 1 aliphatic carbocycles. The second-order valence-corrected chi connectivity index (χ2v) is 7.60. The number of benzene rings is 2. The zero-order chi connectivity index (χ0) is 21.8. The van der Waals surface area contributed by atoms with Crippen molar-refractivity contribution in [1.82, 2.24) is 9.66 Å². The van der Waals surface area contributed by atoms with Crippen LogP contribution in [0.5, 0.6) is 5.75 Å². The average Bonchev–Trinajstić information content (AvgIpc) is 2.79. The predicted octanol–water partition coefficient (Wildman–Crippen LogP) is 4.63. The molecule has 0 unspecified atom stereocenters. The topological polar surface area (TPSA) is 99.6 Å². The summed E-state index contributed by atoms with van der Waals surface area (Å²) in [6.07, 6.45) is 6.79. The highest BCUT2D eigenvalue weighted by Gasteiger charge is 2.22. The fourth-order valence-corrected chi connectivity index (χ4v) is 4.04. The maximum atomic E-state index is 13.2. The Labute approximate surface area is 179 Å². The van der Waals surface area contributed by atoms with Crippen molar-refractivity contribution in [3.05, 3.63) is 74.3 Å². The minimum atomic E-state index is -0.487. The Morgan fingerprint density at radius 2 is 2.00 bits per heavy atom. The zero-order valence-electron chi connectivity index (χ0n) is 17.4. The molecule has 0 N–H and O–H groups in total. The van der Waals surface area contributed by atoms with Crippen LogP contribution in [0.1, 0.15) is 56.3 Å².